The van der Waals surface area contributed by atoms with Crippen molar-refractivity contribution in [3.8, 4) is 0 Å². The predicted molar refractivity (Wildman–Crippen MR) is 122 cm³/mol. The predicted octanol–water partition coefficient (Wildman–Crippen LogP) is 5.05. The maximum absolute atomic E-state index is 10.1. The average molecular weight is 441 g/mol. The molecule has 2 rings (SSSR count). The van der Waals surface area contributed by atoms with E-state index in [1.165, 1.54) is 0 Å². The van der Waals surface area contributed by atoms with E-state index in [9.17, 15) is 5.11 Å². The number of aliphatic hydroxyl groups is 1. The molecule has 0 bridgehead atoms. The molecule has 0 aliphatic carbocycles. The summed E-state index contributed by atoms with van der Waals surface area (Å²) in [4.78, 5) is 1.11. The number of ether oxygens (including phenoxy) is 4. The summed E-state index contributed by atoms with van der Waals surface area (Å²) >= 11 is 1.63. The first-order valence-corrected chi connectivity index (χ1v) is 12.5. The van der Waals surface area contributed by atoms with Gasteiger partial charge in [-0.3, -0.25) is 0 Å². The Morgan fingerprint density at radius 3 is 1.87 bits per heavy atom. The Morgan fingerprint density at radius 1 is 0.800 bits per heavy atom. The minimum Gasteiger partial charge on any atom is -0.394 e. The zero-order chi connectivity index (χ0) is 21.6. The lowest BCUT2D eigenvalue weighted by Crippen LogP contribution is -2.60. The van der Waals surface area contributed by atoms with Crippen LogP contribution in [0, 0.1) is 0 Å². The van der Waals surface area contributed by atoms with E-state index in [2.05, 4.69) is 32.9 Å². The van der Waals surface area contributed by atoms with Crippen molar-refractivity contribution >= 4 is 11.8 Å². The van der Waals surface area contributed by atoms with Gasteiger partial charge in [-0.2, -0.15) is 0 Å². The second-order valence-electron chi connectivity index (χ2n) is 7.72. The fraction of sp³-hybridized carbons (Fsp3) is 0.750. The third kappa shape index (κ3) is 8.13. The maximum Gasteiger partial charge on any atom is 0.137 e. The molecule has 3 unspecified atom stereocenters. The second-order valence-corrected chi connectivity index (χ2v) is 8.90. The lowest BCUT2D eigenvalue weighted by Gasteiger charge is -2.45. The fourth-order valence-corrected chi connectivity index (χ4v) is 4.56. The molecular weight excluding hydrogens is 400 g/mol. The zero-order valence-electron chi connectivity index (χ0n) is 18.8. The quantitative estimate of drug-likeness (QED) is 0.385. The van der Waals surface area contributed by atoms with Gasteiger partial charge in [0, 0.05) is 24.7 Å². The molecule has 172 valence electrons. The van der Waals surface area contributed by atoms with E-state index >= 15 is 0 Å². The highest BCUT2D eigenvalue weighted by atomic mass is 32.2. The van der Waals surface area contributed by atoms with Gasteiger partial charge in [0.25, 0.3) is 0 Å². The SMILES string of the molecule is CCCCOC1C(OCCCC)[C@@H](Sc2ccccc2)OC(CO)[C@H]1OCCCC. The molecule has 1 aliphatic heterocycles. The van der Waals surface area contributed by atoms with Gasteiger partial charge in [0.05, 0.1) is 6.61 Å². The van der Waals surface area contributed by atoms with Crippen LogP contribution in [0.2, 0.25) is 0 Å². The van der Waals surface area contributed by atoms with Gasteiger partial charge in [-0.15, -0.1) is 0 Å². The van der Waals surface area contributed by atoms with Gasteiger partial charge in [-0.05, 0) is 31.4 Å². The monoisotopic (exact) mass is 440 g/mol. The largest absolute Gasteiger partial charge is 0.394 e. The van der Waals surface area contributed by atoms with Gasteiger partial charge >= 0.3 is 0 Å². The molecule has 5 atom stereocenters. The minimum absolute atomic E-state index is 0.0992. The van der Waals surface area contributed by atoms with Crippen LogP contribution >= 0.6 is 11.8 Å². The minimum atomic E-state index is -0.430. The second kappa shape index (κ2) is 15.2. The van der Waals surface area contributed by atoms with Gasteiger partial charge in [-0.1, -0.05) is 70.0 Å². The molecule has 5 nitrogen and oxygen atoms in total. The lowest BCUT2D eigenvalue weighted by atomic mass is 9.99. The Balaban J connectivity index is 2.23. The molecule has 1 N–H and O–H groups in total. The Morgan fingerprint density at radius 2 is 1.33 bits per heavy atom. The van der Waals surface area contributed by atoms with Gasteiger partial charge in [0.15, 0.2) is 0 Å². The van der Waals surface area contributed by atoms with Crippen molar-refractivity contribution in [1.29, 1.82) is 0 Å². The van der Waals surface area contributed by atoms with Crippen molar-refractivity contribution in [1.82, 2.24) is 0 Å². The zero-order valence-corrected chi connectivity index (χ0v) is 19.6. The molecule has 30 heavy (non-hydrogen) atoms. The van der Waals surface area contributed by atoms with Crippen LogP contribution in [-0.2, 0) is 18.9 Å². The summed E-state index contributed by atoms with van der Waals surface area (Å²) in [6, 6.07) is 10.2. The summed E-state index contributed by atoms with van der Waals surface area (Å²) in [5.74, 6) is 0. The van der Waals surface area contributed by atoms with E-state index in [0.29, 0.717) is 19.8 Å². The number of aliphatic hydroxyl groups excluding tert-OH is 1. The molecule has 6 heteroatoms. The smallest absolute Gasteiger partial charge is 0.137 e. The Bertz CT molecular complexity index is 544. The molecule has 1 saturated heterocycles. The summed E-state index contributed by atoms with van der Waals surface area (Å²) in [6.45, 7) is 8.30. The van der Waals surface area contributed by atoms with Crippen LogP contribution in [0.4, 0.5) is 0 Å². The van der Waals surface area contributed by atoms with Crippen molar-refractivity contribution in [3.63, 3.8) is 0 Å². The van der Waals surface area contributed by atoms with Crippen LogP contribution in [0.15, 0.2) is 35.2 Å². The summed E-state index contributed by atoms with van der Waals surface area (Å²) in [5.41, 5.74) is -0.265. The highest BCUT2D eigenvalue weighted by Gasteiger charge is 2.48. The standard InChI is InChI=1S/C24H40O5S/c1-4-7-15-26-21-20(18-25)29-24(30-19-13-11-10-12-14-19)23(28-17-9-6-3)22(21)27-16-8-5-2/h10-14,20-25H,4-9,15-18H2,1-3H3/t20?,21-,22?,23?,24-/m1/s1. The van der Waals surface area contributed by atoms with Gasteiger partial charge in [-0.25, -0.2) is 0 Å². The normalized spacial score (nSPS) is 26.7. The van der Waals surface area contributed by atoms with Crippen molar-refractivity contribution in [3.05, 3.63) is 30.3 Å². The van der Waals surface area contributed by atoms with Crippen LogP contribution in [0.25, 0.3) is 0 Å². The van der Waals surface area contributed by atoms with E-state index in [1.54, 1.807) is 11.8 Å². The molecule has 1 aliphatic rings. The number of hydrogen-bond acceptors (Lipinski definition) is 6. The molecule has 0 amide bonds. The number of unbranched alkanes of at least 4 members (excludes halogenated alkanes) is 3. The van der Waals surface area contributed by atoms with Gasteiger partial charge < -0.3 is 24.1 Å². The Hall–Kier alpha value is -0.630. The van der Waals surface area contributed by atoms with Crippen LogP contribution in [0.1, 0.15) is 59.3 Å². The summed E-state index contributed by atoms with van der Waals surface area (Å²) < 4.78 is 25.3. The topological polar surface area (TPSA) is 57.2 Å². The van der Waals surface area contributed by atoms with Gasteiger partial charge in [0.1, 0.15) is 29.9 Å². The number of rotatable bonds is 15. The van der Waals surface area contributed by atoms with E-state index in [-0.39, 0.29) is 30.4 Å². The fourth-order valence-electron chi connectivity index (χ4n) is 3.41. The first kappa shape index (κ1) is 25.6. The van der Waals surface area contributed by atoms with Crippen molar-refractivity contribution in [2.45, 2.75) is 94.0 Å². The van der Waals surface area contributed by atoms with Crippen LogP contribution in [0.5, 0.6) is 0 Å². The molecule has 1 heterocycles. The van der Waals surface area contributed by atoms with Crippen LogP contribution in [-0.4, -0.2) is 61.4 Å². The van der Waals surface area contributed by atoms with E-state index in [1.807, 2.05) is 18.2 Å². The van der Waals surface area contributed by atoms with Crippen LogP contribution in [0.3, 0.4) is 0 Å². The van der Waals surface area contributed by atoms with Crippen molar-refractivity contribution in [2.24, 2.45) is 0 Å². The highest BCUT2D eigenvalue weighted by molar-refractivity contribution is 7.99. The van der Waals surface area contributed by atoms with Crippen molar-refractivity contribution in [2.75, 3.05) is 26.4 Å². The number of hydrogen-bond donors (Lipinski definition) is 1. The molecule has 1 aromatic carbocycles. The number of benzene rings is 1. The third-order valence-electron chi connectivity index (χ3n) is 5.19. The average Bonchev–Trinajstić information content (AvgIpc) is 2.77. The molecule has 1 aromatic rings. The molecular formula is C24H40O5S. The maximum atomic E-state index is 10.1. The Kier molecular flexibility index (Phi) is 13.0. The van der Waals surface area contributed by atoms with E-state index in [0.717, 1.165) is 43.4 Å². The number of thioether (sulfide) groups is 1. The first-order valence-electron chi connectivity index (χ1n) is 11.6. The van der Waals surface area contributed by atoms with Crippen molar-refractivity contribution < 1.29 is 24.1 Å². The first-order chi connectivity index (χ1) is 14.7. The highest BCUT2D eigenvalue weighted by Crippen LogP contribution is 2.37. The summed E-state index contributed by atoms with van der Waals surface area (Å²) in [6.07, 6.45) is 4.86. The molecule has 0 aromatic heterocycles. The Labute approximate surface area is 186 Å². The van der Waals surface area contributed by atoms with E-state index < -0.39 is 6.10 Å². The van der Waals surface area contributed by atoms with E-state index in [4.69, 9.17) is 18.9 Å². The summed E-state index contributed by atoms with van der Waals surface area (Å²) in [5, 5.41) is 10.1. The molecule has 1 fully saturated rings. The molecule has 0 spiro atoms. The molecule has 0 saturated carbocycles. The third-order valence-corrected chi connectivity index (χ3v) is 6.35. The van der Waals surface area contributed by atoms with Crippen LogP contribution < -0.4 is 0 Å². The van der Waals surface area contributed by atoms with Gasteiger partial charge in [0.2, 0.25) is 0 Å². The lowest BCUT2D eigenvalue weighted by molar-refractivity contribution is -0.244. The molecule has 0 radical (unpaired) electrons. The summed E-state index contributed by atoms with van der Waals surface area (Å²) in [7, 11) is 0.